The first-order valence-electron chi connectivity index (χ1n) is 8.02. The summed E-state index contributed by atoms with van der Waals surface area (Å²) < 4.78 is 0. The van der Waals surface area contributed by atoms with E-state index in [1.165, 1.54) is 18.4 Å². The van der Waals surface area contributed by atoms with Gasteiger partial charge in [-0.05, 0) is 73.5 Å². The van der Waals surface area contributed by atoms with E-state index in [1.807, 2.05) is 42.7 Å². The van der Waals surface area contributed by atoms with Gasteiger partial charge in [0.2, 0.25) is 0 Å². The van der Waals surface area contributed by atoms with Gasteiger partial charge in [-0.15, -0.1) is 24.2 Å². The van der Waals surface area contributed by atoms with Crippen LogP contribution in [0.5, 0.6) is 0 Å². The van der Waals surface area contributed by atoms with Crippen molar-refractivity contribution < 1.29 is 4.79 Å². The first-order valence-corrected chi connectivity index (χ1v) is 9.25. The number of hydrogen-bond donors (Lipinski definition) is 2. The van der Waals surface area contributed by atoms with Crippen molar-refractivity contribution in [1.29, 1.82) is 0 Å². The van der Waals surface area contributed by atoms with E-state index >= 15 is 0 Å². The fourth-order valence-corrected chi connectivity index (χ4v) is 3.33. The summed E-state index contributed by atoms with van der Waals surface area (Å²) in [5.74, 6) is 0.525. The number of rotatable bonds is 4. The number of carbonyl (C=O) groups is 1. The van der Waals surface area contributed by atoms with E-state index in [9.17, 15) is 4.79 Å². The number of anilines is 1. The van der Waals surface area contributed by atoms with Crippen LogP contribution in [0.25, 0.3) is 0 Å². The predicted molar refractivity (Wildman–Crippen MR) is 105 cm³/mol. The van der Waals surface area contributed by atoms with Crippen LogP contribution in [-0.2, 0) is 0 Å². The van der Waals surface area contributed by atoms with Crippen LogP contribution in [0, 0.1) is 0 Å². The predicted octanol–water partition coefficient (Wildman–Crippen LogP) is 4.55. The van der Waals surface area contributed by atoms with E-state index in [0.717, 1.165) is 23.7 Å². The highest BCUT2D eigenvalue weighted by Crippen LogP contribution is 2.24. The molecule has 1 atom stereocenters. The lowest BCUT2D eigenvalue weighted by Crippen LogP contribution is -2.28. The largest absolute Gasteiger partial charge is 0.322 e. The van der Waals surface area contributed by atoms with Crippen molar-refractivity contribution in [2.75, 3.05) is 24.7 Å². The Morgan fingerprint density at radius 3 is 2.42 bits per heavy atom. The molecule has 1 aliphatic rings. The monoisotopic (exact) mass is 362 g/mol. The molecule has 0 unspecified atom stereocenters. The van der Waals surface area contributed by atoms with Crippen LogP contribution in [0.2, 0.25) is 0 Å². The van der Waals surface area contributed by atoms with Crippen molar-refractivity contribution in [1.82, 2.24) is 5.32 Å². The van der Waals surface area contributed by atoms with Crippen molar-refractivity contribution in [3.05, 3.63) is 59.7 Å². The molecular weight excluding hydrogens is 340 g/mol. The maximum Gasteiger partial charge on any atom is 0.255 e. The van der Waals surface area contributed by atoms with Crippen molar-refractivity contribution in [3.63, 3.8) is 0 Å². The fourth-order valence-electron chi connectivity index (χ4n) is 2.92. The number of nitrogens with one attached hydrogen (secondary N) is 2. The van der Waals surface area contributed by atoms with Gasteiger partial charge in [0.05, 0.1) is 0 Å². The fraction of sp³-hybridized carbons (Fsp3) is 0.316. The summed E-state index contributed by atoms with van der Waals surface area (Å²) in [6.45, 7) is 2.17. The molecule has 0 radical (unpaired) electrons. The smallest absolute Gasteiger partial charge is 0.255 e. The summed E-state index contributed by atoms with van der Waals surface area (Å²) in [4.78, 5) is 13.4. The van der Waals surface area contributed by atoms with Gasteiger partial charge in [-0.3, -0.25) is 4.79 Å². The molecule has 0 spiro atoms. The summed E-state index contributed by atoms with van der Waals surface area (Å²) in [5.41, 5.74) is 2.87. The Morgan fingerprint density at radius 1 is 1.12 bits per heavy atom. The van der Waals surface area contributed by atoms with Gasteiger partial charge in [-0.25, -0.2) is 0 Å². The molecule has 2 aromatic rings. The van der Waals surface area contributed by atoms with Crippen LogP contribution in [0.3, 0.4) is 0 Å². The second-order valence-electron chi connectivity index (χ2n) is 5.85. The second kappa shape index (κ2) is 9.11. The summed E-state index contributed by atoms with van der Waals surface area (Å²) >= 11 is 1.67. The highest BCUT2D eigenvalue weighted by molar-refractivity contribution is 7.98. The Bertz CT molecular complexity index is 652. The van der Waals surface area contributed by atoms with Crippen LogP contribution in [0.15, 0.2) is 53.4 Å². The van der Waals surface area contributed by atoms with Crippen molar-refractivity contribution in [2.45, 2.75) is 23.7 Å². The third-order valence-electron chi connectivity index (χ3n) is 4.29. The molecule has 1 heterocycles. The number of carbonyl (C=O) groups excluding carboxylic acids is 1. The zero-order chi connectivity index (χ0) is 16.1. The highest BCUT2D eigenvalue weighted by Gasteiger charge is 2.15. The van der Waals surface area contributed by atoms with Gasteiger partial charge in [-0.2, -0.15) is 0 Å². The van der Waals surface area contributed by atoms with Gasteiger partial charge in [0.15, 0.2) is 0 Å². The lowest BCUT2D eigenvalue weighted by atomic mass is 9.91. The maximum absolute atomic E-state index is 12.3. The van der Waals surface area contributed by atoms with Crippen molar-refractivity contribution in [2.24, 2.45) is 0 Å². The molecule has 24 heavy (non-hydrogen) atoms. The standard InChI is InChI=1S/C19H22N2OS.ClH/c1-23-18-10-6-15(7-11-18)19(22)21-17-8-4-14(5-9-17)16-3-2-12-20-13-16;/h4-11,16,20H,2-3,12-13H2,1H3,(H,21,22);1H/t16-;/m1./s1. The molecule has 0 aromatic heterocycles. The topological polar surface area (TPSA) is 41.1 Å². The molecule has 1 amide bonds. The highest BCUT2D eigenvalue weighted by atomic mass is 35.5. The number of benzene rings is 2. The van der Waals surface area contributed by atoms with Gasteiger partial charge in [0, 0.05) is 22.7 Å². The van der Waals surface area contributed by atoms with Gasteiger partial charge < -0.3 is 10.6 Å². The van der Waals surface area contributed by atoms with Crippen LogP contribution >= 0.6 is 24.2 Å². The van der Waals surface area contributed by atoms with E-state index in [4.69, 9.17) is 0 Å². The number of halogens is 1. The van der Waals surface area contributed by atoms with Crippen LogP contribution in [0.4, 0.5) is 5.69 Å². The van der Waals surface area contributed by atoms with E-state index in [-0.39, 0.29) is 18.3 Å². The SMILES string of the molecule is CSc1ccc(C(=O)Nc2ccc([C@@H]3CCCNC3)cc2)cc1.Cl. The van der Waals surface area contributed by atoms with Crippen LogP contribution < -0.4 is 10.6 Å². The molecular formula is C19H23ClN2OS. The van der Waals surface area contributed by atoms with Gasteiger partial charge in [0.25, 0.3) is 5.91 Å². The van der Waals surface area contributed by atoms with E-state index in [1.54, 1.807) is 11.8 Å². The quantitative estimate of drug-likeness (QED) is 0.784. The van der Waals surface area contributed by atoms with Crippen molar-refractivity contribution in [3.8, 4) is 0 Å². The summed E-state index contributed by atoms with van der Waals surface area (Å²) in [6.07, 6.45) is 4.49. The maximum atomic E-state index is 12.3. The average Bonchev–Trinajstić information content (AvgIpc) is 2.63. The Kier molecular flexibility index (Phi) is 7.16. The Hall–Kier alpha value is -1.49. The van der Waals surface area contributed by atoms with Gasteiger partial charge in [0.1, 0.15) is 0 Å². The van der Waals surface area contributed by atoms with Crippen LogP contribution in [-0.4, -0.2) is 25.3 Å². The van der Waals surface area contributed by atoms with Crippen LogP contribution in [0.1, 0.15) is 34.7 Å². The summed E-state index contributed by atoms with van der Waals surface area (Å²) in [7, 11) is 0. The molecule has 2 N–H and O–H groups in total. The number of amides is 1. The number of piperidine rings is 1. The van der Waals surface area contributed by atoms with E-state index < -0.39 is 0 Å². The third kappa shape index (κ3) is 4.76. The van der Waals surface area contributed by atoms with Gasteiger partial charge >= 0.3 is 0 Å². The molecule has 1 aliphatic heterocycles. The first kappa shape index (κ1) is 18.8. The Balaban J connectivity index is 0.00000208. The molecule has 5 heteroatoms. The summed E-state index contributed by atoms with van der Waals surface area (Å²) in [5, 5.41) is 6.40. The molecule has 0 saturated carbocycles. The van der Waals surface area contributed by atoms with Crippen molar-refractivity contribution >= 4 is 35.8 Å². The molecule has 1 saturated heterocycles. The minimum Gasteiger partial charge on any atom is -0.322 e. The van der Waals surface area contributed by atoms with E-state index in [0.29, 0.717) is 11.5 Å². The first-order chi connectivity index (χ1) is 11.3. The molecule has 1 fully saturated rings. The zero-order valence-electron chi connectivity index (χ0n) is 13.7. The molecule has 3 nitrogen and oxygen atoms in total. The minimum atomic E-state index is -0.0651. The zero-order valence-corrected chi connectivity index (χ0v) is 15.4. The molecule has 0 bridgehead atoms. The third-order valence-corrected chi connectivity index (χ3v) is 5.03. The molecule has 3 rings (SSSR count). The number of hydrogen-bond acceptors (Lipinski definition) is 3. The number of thioether (sulfide) groups is 1. The van der Waals surface area contributed by atoms with Gasteiger partial charge in [-0.1, -0.05) is 12.1 Å². The van der Waals surface area contributed by atoms with E-state index in [2.05, 4.69) is 22.8 Å². The second-order valence-corrected chi connectivity index (χ2v) is 6.73. The minimum absolute atomic E-state index is 0. The lowest BCUT2D eigenvalue weighted by Gasteiger charge is -2.23. The Labute approximate surface area is 154 Å². The lowest BCUT2D eigenvalue weighted by molar-refractivity contribution is 0.102. The molecule has 0 aliphatic carbocycles. The molecule has 2 aromatic carbocycles. The Morgan fingerprint density at radius 2 is 1.83 bits per heavy atom. The summed E-state index contributed by atoms with van der Waals surface area (Å²) in [6, 6.07) is 15.9. The average molecular weight is 363 g/mol. The normalized spacial score (nSPS) is 17.0. The molecule has 128 valence electrons.